The molecular weight excluding hydrogens is 310 g/mol. The summed E-state index contributed by atoms with van der Waals surface area (Å²) in [6.07, 6.45) is 0. The van der Waals surface area contributed by atoms with Gasteiger partial charge in [0.25, 0.3) is 5.91 Å². The molecule has 6 nitrogen and oxygen atoms in total. The average Bonchev–Trinajstić information content (AvgIpc) is 2.59. The number of carbonyl (C=O) groups is 3. The number of rotatable bonds is 5. The molecule has 124 valence electrons. The minimum Gasteiger partial charge on any atom is -0.467 e. The normalized spacial score (nSPS) is 11.2. The van der Waals surface area contributed by atoms with Crippen LogP contribution in [0.5, 0.6) is 5.75 Å². The van der Waals surface area contributed by atoms with Crippen molar-refractivity contribution >= 4 is 17.8 Å². The minimum atomic E-state index is -0.930. The predicted molar refractivity (Wildman–Crippen MR) is 86.4 cm³/mol. The standard InChI is InChI=1S/C18H17NO5/c1-12(20)24-15-10-6-9-14(11-15)17(21)19-16(18(22)23-2)13-7-4-3-5-8-13/h3-11,16H,1-2H3,(H,19,21). The van der Waals surface area contributed by atoms with Crippen LogP contribution in [0.25, 0.3) is 0 Å². The van der Waals surface area contributed by atoms with Crippen LogP contribution in [-0.4, -0.2) is 25.0 Å². The fraction of sp³-hybridized carbons (Fsp3) is 0.167. The van der Waals surface area contributed by atoms with Crippen molar-refractivity contribution in [3.63, 3.8) is 0 Å². The van der Waals surface area contributed by atoms with Crippen molar-refractivity contribution in [2.75, 3.05) is 7.11 Å². The summed E-state index contributed by atoms with van der Waals surface area (Å²) in [6, 6.07) is 14.0. The second-order valence-corrected chi connectivity index (χ2v) is 4.96. The zero-order chi connectivity index (χ0) is 17.5. The van der Waals surface area contributed by atoms with E-state index in [9.17, 15) is 14.4 Å². The number of hydrogen-bond donors (Lipinski definition) is 1. The molecule has 0 aliphatic rings. The van der Waals surface area contributed by atoms with Crippen LogP contribution in [0.3, 0.4) is 0 Å². The number of hydrogen-bond acceptors (Lipinski definition) is 5. The Morgan fingerprint density at radius 3 is 2.33 bits per heavy atom. The first kappa shape index (κ1) is 17.2. The van der Waals surface area contributed by atoms with Gasteiger partial charge in [-0.15, -0.1) is 0 Å². The Morgan fingerprint density at radius 1 is 1.00 bits per heavy atom. The highest BCUT2D eigenvalue weighted by molar-refractivity contribution is 5.97. The Bertz CT molecular complexity index is 742. The fourth-order valence-electron chi connectivity index (χ4n) is 2.12. The van der Waals surface area contributed by atoms with Gasteiger partial charge in [0, 0.05) is 12.5 Å². The zero-order valence-corrected chi connectivity index (χ0v) is 13.3. The SMILES string of the molecule is COC(=O)C(NC(=O)c1cccc(OC(C)=O)c1)c1ccccc1. The van der Waals surface area contributed by atoms with Crippen molar-refractivity contribution in [1.29, 1.82) is 0 Å². The Kier molecular flexibility index (Phi) is 5.68. The molecule has 0 heterocycles. The van der Waals surface area contributed by atoms with Crippen LogP contribution in [0, 0.1) is 0 Å². The quantitative estimate of drug-likeness (QED) is 0.673. The molecule has 2 aromatic carbocycles. The van der Waals surface area contributed by atoms with Gasteiger partial charge in [-0.25, -0.2) is 4.79 Å². The van der Waals surface area contributed by atoms with E-state index >= 15 is 0 Å². The van der Waals surface area contributed by atoms with Gasteiger partial charge in [0.2, 0.25) is 0 Å². The topological polar surface area (TPSA) is 81.7 Å². The lowest BCUT2D eigenvalue weighted by Gasteiger charge is -2.17. The van der Waals surface area contributed by atoms with Crippen molar-refractivity contribution in [3.05, 3.63) is 65.7 Å². The van der Waals surface area contributed by atoms with Gasteiger partial charge < -0.3 is 14.8 Å². The number of ether oxygens (including phenoxy) is 2. The van der Waals surface area contributed by atoms with Gasteiger partial charge in [-0.1, -0.05) is 36.4 Å². The minimum absolute atomic E-state index is 0.254. The molecule has 24 heavy (non-hydrogen) atoms. The Morgan fingerprint density at radius 2 is 1.71 bits per heavy atom. The van der Waals surface area contributed by atoms with Gasteiger partial charge in [-0.3, -0.25) is 9.59 Å². The second kappa shape index (κ2) is 7.92. The van der Waals surface area contributed by atoms with Crippen LogP contribution in [0.2, 0.25) is 0 Å². The maximum absolute atomic E-state index is 12.4. The number of amides is 1. The van der Waals surface area contributed by atoms with Crippen molar-refractivity contribution in [2.24, 2.45) is 0 Å². The average molecular weight is 327 g/mol. The summed E-state index contributed by atoms with van der Waals surface area (Å²) >= 11 is 0. The molecular formula is C18H17NO5. The summed E-state index contributed by atoms with van der Waals surface area (Å²) in [6.45, 7) is 1.27. The lowest BCUT2D eigenvalue weighted by Crippen LogP contribution is -2.34. The molecule has 0 aromatic heterocycles. The molecule has 1 atom stereocenters. The van der Waals surface area contributed by atoms with Crippen molar-refractivity contribution in [1.82, 2.24) is 5.32 Å². The Labute approximate surface area is 139 Å². The smallest absolute Gasteiger partial charge is 0.333 e. The highest BCUT2D eigenvalue weighted by Gasteiger charge is 2.24. The molecule has 0 bridgehead atoms. The monoisotopic (exact) mass is 327 g/mol. The zero-order valence-electron chi connectivity index (χ0n) is 13.3. The molecule has 1 amide bonds. The molecule has 0 aliphatic carbocycles. The highest BCUT2D eigenvalue weighted by Crippen LogP contribution is 2.17. The van der Waals surface area contributed by atoms with Gasteiger partial charge in [-0.05, 0) is 23.8 Å². The number of carbonyl (C=O) groups excluding carboxylic acids is 3. The van der Waals surface area contributed by atoms with Gasteiger partial charge in [0.15, 0.2) is 6.04 Å². The van der Waals surface area contributed by atoms with Crippen molar-refractivity contribution in [3.8, 4) is 5.75 Å². The first-order chi connectivity index (χ1) is 11.5. The summed E-state index contributed by atoms with van der Waals surface area (Å²) in [5, 5.41) is 2.63. The van der Waals surface area contributed by atoms with Crippen LogP contribution < -0.4 is 10.1 Å². The summed E-state index contributed by atoms with van der Waals surface area (Å²) in [5.74, 6) is -1.29. The molecule has 6 heteroatoms. The van der Waals surface area contributed by atoms with Crippen molar-refractivity contribution in [2.45, 2.75) is 13.0 Å². The first-order valence-corrected chi connectivity index (χ1v) is 7.23. The first-order valence-electron chi connectivity index (χ1n) is 7.23. The molecule has 1 unspecified atom stereocenters. The molecule has 2 rings (SSSR count). The van der Waals surface area contributed by atoms with E-state index in [0.717, 1.165) is 0 Å². The molecule has 0 aliphatic heterocycles. The maximum atomic E-state index is 12.4. The Hall–Kier alpha value is -3.15. The number of benzene rings is 2. The number of methoxy groups -OCH3 is 1. The van der Waals surface area contributed by atoms with Crippen LogP contribution in [0.15, 0.2) is 54.6 Å². The van der Waals surface area contributed by atoms with Gasteiger partial charge in [-0.2, -0.15) is 0 Å². The third-order valence-electron chi connectivity index (χ3n) is 3.20. The van der Waals surface area contributed by atoms with Crippen molar-refractivity contribution < 1.29 is 23.9 Å². The molecule has 0 fully saturated rings. The molecule has 0 saturated carbocycles. The fourth-order valence-corrected chi connectivity index (χ4v) is 2.12. The summed E-state index contributed by atoms with van der Waals surface area (Å²) < 4.78 is 9.71. The third-order valence-corrected chi connectivity index (χ3v) is 3.20. The lowest BCUT2D eigenvalue weighted by molar-refractivity contribution is -0.143. The van der Waals surface area contributed by atoms with Crippen LogP contribution in [-0.2, 0) is 14.3 Å². The van der Waals surface area contributed by atoms with E-state index in [4.69, 9.17) is 9.47 Å². The van der Waals surface area contributed by atoms with E-state index in [2.05, 4.69) is 5.32 Å². The molecule has 0 radical (unpaired) electrons. The van der Waals surface area contributed by atoms with E-state index in [1.807, 2.05) is 6.07 Å². The number of esters is 2. The largest absolute Gasteiger partial charge is 0.467 e. The van der Waals surface area contributed by atoms with Gasteiger partial charge in [0.05, 0.1) is 7.11 Å². The molecule has 0 spiro atoms. The van der Waals surface area contributed by atoms with E-state index in [1.165, 1.54) is 20.1 Å². The molecule has 1 N–H and O–H groups in total. The van der Waals surface area contributed by atoms with E-state index in [-0.39, 0.29) is 11.3 Å². The van der Waals surface area contributed by atoms with Crippen LogP contribution in [0.4, 0.5) is 0 Å². The maximum Gasteiger partial charge on any atom is 0.333 e. The number of nitrogens with one attached hydrogen (secondary N) is 1. The van der Waals surface area contributed by atoms with E-state index in [1.54, 1.807) is 42.5 Å². The second-order valence-electron chi connectivity index (χ2n) is 4.96. The van der Waals surface area contributed by atoms with Gasteiger partial charge >= 0.3 is 11.9 Å². The summed E-state index contributed by atoms with van der Waals surface area (Å²) in [5.41, 5.74) is 0.868. The van der Waals surface area contributed by atoms with E-state index in [0.29, 0.717) is 5.56 Å². The van der Waals surface area contributed by atoms with Gasteiger partial charge in [0.1, 0.15) is 5.75 Å². The van der Waals surface area contributed by atoms with Crippen LogP contribution in [0.1, 0.15) is 28.9 Å². The third kappa shape index (κ3) is 4.42. The lowest BCUT2D eigenvalue weighted by atomic mass is 10.1. The summed E-state index contributed by atoms with van der Waals surface area (Å²) in [4.78, 5) is 35.4. The molecule has 2 aromatic rings. The predicted octanol–water partition coefficient (Wildman–Crippen LogP) is 2.26. The summed E-state index contributed by atoms with van der Waals surface area (Å²) in [7, 11) is 1.26. The Balaban J connectivity index is 2.22. The molecule has 0 saturated heterocycles. The van der Waals surface area contributed by atoms with Crippen LogP contribution >= 0.6 is 0 Å². The highest BCUT2D eigenvalue weighted by atomic mass is 16.5. The van der Waals surface area contributed by atoms with E-state index < -0.39 is 23.9 Å².